The molecule has 0 spiro atoms. The molecule has 0 fully saturated rings. The van der Waals surface area contributed by atoms with E-state index in [0.29, 0.717) is 0 Å². The third-order valence-corrected chi connectivity index (χ3v) is 2.65. The third-order valence-electron chi connectivity index (χ3n) is 2.65. The second kappa shape index (κ2) is 4.63. The van der Waals surface area contributed by atoms with Crippen molar-refractivity contribution in [3.8, 4) is 0 Å². The van der Waals surface area contributed by atoms with E-state index < -0.39 is 23.1 Å². The molecule has 100 valence electrons. The zero-order valence-corrected chi connectivity index (χ0v) is 9.35. The molecule has 2 rings (SSSR count). The maximum absolute atomic E-state index is 10.9. The number of fused-ring (bicyclic) bond motifs is 1. The van der Waals surface area contributed by atoms with Crippen LogP contribution in [0.4, 0.5) is 5.69 Å². The number of hydrogen-bond donors (Lipinski definition) is 4. The van der Waals surface area contributed by atoms with Gasteiger partial charge in [0.15, 0.2) is 6.10 Å². The van der Waals surface area contributed by atoms with Crippen LogP contribution in [-0.4, -0.2) is 42.5 Å². The van der Waals surface area contributed by atoms with Gasteiger partial charge in [-0.05, 0) is 11.6 Å². The van der Waals surface area contributed by atoms with Crippen LogP contribution in [0.5, 0.6) is 0 Å². The first kappa shape index (κ1) is 12.9. The minimum atomic E-state index is -2.07. The van der Waals surface area contributed by atoms with Crippen LogP contribution in [0.3, 0.4) is 0 Å². The number of benzene rings is 1. The van der Waals surface area contributed by atoms with Crippen LogP contribution in [0.25, 0.3) is 10.9 Å². The maximum atomic E-state index is 10.9. The molecule has 0 saturated heterocycles. The average Bonchev–Trinajstić information content (AvgIpc) is 2.83. The molecule has 1 heterocycles. The number of nitro groups is 1. The fraction of sp³-hybridized carbons (Fsp3) is 0.200. The molecule has 19 heavy (non-hydrogen) atoms. The lowest BCUT2D eigenvalue weighted by atomic mass is 10.0. The van der Waals surface area contributed by atoms with E-state index in [4.69, 9.17) is 5.11 Å². The molecule has 0 aliphatic rings. The largest absolute Gasteiger partial charge is 0.479 e. The summed E-state index contributed by atoms with van der Waals surface area (Å²) in [6.45, 7) is 0. The zero-order valence-electron chi connectivity index (χ0n) is 9.35. The van der Waals surface area contributed by atoms with Crippen LogP contribution in [0.1, 0.15) is 11.7 Å². The molecule has 0 amide bonds. The van der Waals surface area contributed by atoms with E-state index in [1.54, 1.807) is 0 Å². The number of carbonyl (C=O) groups is 1. The molecule has 2 atom stereocenters. The standard InChI is InChI=1S/C10H9N3O6/c14-8(9(15)10(16)17)4-1-6-5(3-11-12-6)7(2-4)13(18)19/h1-3,8-9,14-15H,(H,11,12)(H,16,17). The van der Waals surface area contributed by atoms with Gasteiger partial charge in [-0.25, -0.2) is 4.79 Å². The third kappa shape index (κ3) is 2.23. The Morgan fingerprint density at radius 2 is 2.11 bits per heavy atom. The van der Waals surface area contributed by atoms with Crippen molar-refractivity contribution in [2.75, 3.05) is 0 Å². The van der Waals surface area contributed by atoms with Crippen molar-refractivity contribution in [1.82, 2.24) is 10.2 Å². The van der Waals surface area contributed by atoms with Gasteiger partial charge in [-0.2, -0.15) is 5.10 Å². The molecule has 2 aromatic rings. The van der Waals surface area contributed by atoms with Gasteiger partial charge in [0.25, 0.3) is 5.69 Å². The van der Waals surface area contributed by atoms with Gasteiger partial charge in [0.1, 0.15) is 6.10 Å². The monoisotopic (exact) mass is 267 g/mol. The van der Waals surface area contributed by atoms with E-state index in [2.05, 4.69) is 10.2 Å². The number of H-pyrrole nitrogens is 1. The lowest BCUT2D eigenvalue weighted by Gasteiger charge is -2.14. The summed E-state index contributed by atoms with van der Waals surface area (Å²) in [5, 5.41) is 44.8. The summed E-state index contributed by atoms with van der Waals surface area (Å²) >= 11 is 0. The van der Waals surface area contributed by atoms with Gasteiger partial charge in [-0.15, -0.1) is 0 Å². The van der Waals surface area contributed by atoms with Crippen LogP contribution in [0.15, 0.2) is 18.3 Å². The fourth-order valence-corrected chi connectivity index (χ4v) is 1.69. The van der Waals surface area contributed by atoms with Crippen molar-refractivity contribution in [2.24, 2.45) is 0 Å². The zero-order chi connectivity index (χ0) is 14.2. The predicted octanol–water partition coefficient (Wildman–Crippen LogP) is -0.0500. The number of nitrogens with one attached hydrogen (secondary N) is 1. The maximum Gasteiger partial charge on any atom is 0.335 e. The van der Waals surface area contributed by atoms with Crippen LogP contribution in [-0.2, 0) is 4.79 Å². The number of hydrogen-bond acceptors (Lipinski definition) is 6. The van der Waals surface area contributed by atoms with Gasteiger partial charge in [0.2, 0.25) is 0 Å². The molecule has 2 unspecified atom stereocenters. The second-order valence-corrected chi connectivity index (χ2v) is 3.86. The summed E-state index contributed by atoms with van der Waals surface area (Å²) < 4.78 is 0. The summed E-state index contributed by atoms with van der Waals surface area (Å²) in [5.74, 6) is -1.63. The lowest BCUT2D eigenvalue weighted by molar-refractivity contribution is -0.383. The second-order valence-electron chi connectivity index (χ2n) is 3.86. The Labute approximate surface area is 105 Å². The molecular formula is C10H9N3O6. The molecule has 0 saturated carbocycles. The van der Waals surface area contributed by atoms with E-state index in [1.807, 2.05) is 0 Å². The Balaban J connectivity index is 2.55. The topological polar surface area (TPSA) is 150 Å². The Hall–Kier alpha value is -2.52. The fourth-order valence-electron chi connectivity index (χ4n) is 1.69. The normalized spacial score (nSPS) is 14.2. The molecule has 4 N–H and O–H groups in total. The number of aromatic amines is 1. The molecule has 9 nitrogen and oxygen atoms in total. The summed E-state index contributed by atoms with van der Waals surface area (Å²) in [4.78, 5) is 20.8. The Morgan fingerprint density at radius 1 is 1.42 bits per heavy atom. The molecule has 1 aromatic heterocycles. The van der Waals surface area contributed by atoms with Crippen molar-refractivity contribution in [3.05, 3.63) is 34.0 Å². The van der Waals surface area contributed by atoms with Crippen molar-refractivity contribution in [1.29, 1.82) is 0 Å². The van der Waals surface area contributed by atoms with E-state index in [1.165, 1.54) is 12.3 Å². The van der Waals surface area contributed by atoms with Gasteiger partial charge in [-0.3, -0.25) is 15.2 Å². The number of aliphatic hydroxyl groups excluding tert-OH is 2. The molecule has 0 radical (unpaired) electrons. The molecule has 9 heteroatoms. The van der Waals surface area contributed by atoms with Gasteiger partial charge < -0.3 is 15.3 Å². The van der Waals surface area contributed by atoms with Crippen LogP contribution >= 0.6 is 0 Å². The van der Waals surface area contributed by atoms with Crippen molar-refractivity contribution < 1.29 is 25.0 Å². The highest BCUT2D eigenvalue weighted by Crippen LogP contribution is 2.29. The smallest absolute Gasteiger partial charge is 0.335 e. The number of carboxylic acids is 1. The molecule has 0 aliphatic carbocycles. The Bertz CT molecular complexity index is 652. The summed E-state index contributed by atoms with van der Waals surface area (Å²) in [6.07, 6.45) is -2.60. The number of aliphatic carboxylic acids is 1. The van der Waals surface area contributed by atoms with Crippen LogP contribution < -0.4 is 0 Å². The number of non-ortho nitro benzene ring substituents is 1. The highest BCUT2D eigenvalue weighted by Gasteiger charge is 2.27. The number of nitrogens with zero attached hydrogens (tertiary/aromatic N) is 2. The van der Waals surface area contributed by atoms with Crippen molar-refractivity contribution in [3.63, 3.8) is 0 Å². The minimum absolute atomic E-state index is 0.0849. The molecule has 0 aliphatic heterocycles. The molecule has 0 bridgehead atoms. The first-order valence-corrected chi connectivity index (χ1v) is 5.12. The lowest BCUT2D eigenvalue weighted by Crippen LogP contribution is -2.27. The highest BCUT2D eigenvalue weighted by atomic mass is 16.6. The molecule has 1 aromatic carbocycles. The first-order chi connectivity index (χ1) is 8.91. The SMILES string of the molecule is O=C(O)C(O)C(O)c1cc([N+](=O)[O-])c2cn[nH]c2c1. The number of nitro benzene ring substituents is 1. The summed E-state index contributed by atoms with van der Waals surface area (Å²) in [5.41, 5.74) is -0.155. The van der Waals surface area contributed by atoms with Gasteiger partial charge in [0, 0.05) is 6.07 Å². The van der Waals surface area contributed by atoms with Crippen LogP contribution in [0, 0.1) is 10.1 Å². The Kier molecular flexibility index (Phi) is 3.15. The quantitative estimate of drug-likeness (QED) is 0.448. The average molecular weight is 267 g/mol. The van der Waals surface area contributed by atoms with Crippen molar-refractivity contribution in [2.45, 2.75) is 12.2 Å². The van der Waals surface area contributed by atoms with E-state index >= 15 is 0 Å². The first-order valence-electron chi connectivity index (χ1n) is 5.12. The Morgan fingerprint density at radius 3 is 2.68 bits per heavy atom. The van der Waals surface area contributed by atoms with Gasteiger partial charge in [-0.1, -0.05) is 0 Å². The minimum Gasteiger partial charge on any atom is -0.479 e. The van der Waals surface area contributed by atoms with Crippen LogP contribution in [0.2, 0.25) is 0 Å². The van der Waals surface area contributed by atoms with Gasteiger partial charge >= 0.3 is 5.97 Å². The van der Waals surface area contributed by atoms with Gasteiger partial charge in [0.05, 0.1) is 22.0 Å². The highest BCUT2D eigenvalue weighted by molar-refractivity contribution is 5.88. The summed E-state index contributed by atoms with van der Waals surface area (Å²) in [6, 6.07) is 2.31. The van der Waals surface area contributed by atoms with E-state index in [-0.39, 0.29) is 22.2 Å². The molecular weight excluding hydrogens is 258 g/mol. The number of rotatable bonds is 4. The number of aliphatic hydroxyl groups is 2. The number of carboxylic acid groups (broad SMARTS) is 1. The van der Waals surface area contributed by atoms with Crippen molar-refractivity contribution >= 4 is 22.6 Å². The number of aromatic nitrogens is 2. The summed E-state index contributed by atoms with van der Waals surface area (Å²) in [7, 11) is 0. The predicted molar refractivity (Wildman–Crippen MR) is 61.4 cm³/mol. The van der Waals surface area contributed by atoms with E-state index in [9.17, 15) is 25.1 Å². The van der Waals surface area contributed by atoms with E-state index in [0.717, 1.165) is 6.07 Å².